The minimum Gasteiger partial charge on any atom is -0.342 e. The monoisotopic (exact) mass is 440 g/mol. The standard InChI is InChI=1S/C21H25FN4O.2ClH/c22-17-8-5-4-7-15(17)13-20-25-18-11-10-16(14-19(18)26-20)24-21(27)9-3-1-2-6-12-23;;/h4-5,7-8,10-11,14H,1-3,6,9,12-13,23H2,(H,24,27)(H,25,26);2*1H. The Morgan fingerprint density at radius 2 is 1.83 bits per heavy atom. The molecule has 4 N–H and O–H groups in total. The lowest BCUT2D eigenvalue weighted by molar-refractivity contribution is -0.116. The number of carbonyl (C=O) groups excluding carboxylic acids is 1. The molecule has 0 unspecified atom stereocenters. The Bertz CT molecular complexity index is 917. The number of benzene rings is 2. The van der Waals surface area contributed by atoms with Crippen molar-refractivity contribution in [2.45, 2.75) is 38.5 Å². The van der Waals surface area contributed by atoms with E-state index in [1.54, 1.807) is 12.1 Å². The lowest BCUT2D eigenvalue weighted by atomic mass is 10.1. The Balaban J connectivity index is 0.00000210. The molecule has 1 amide bonds. The van der Waals surface area contributed by atoms with Crippen LogP contribution in [0.5, 0.6) is 0 Å². The maximum atomic E-state index is 13.8. The number of H-pyrrole nitrogens is 1. The van der Waals surface area contributed by atoms with E-state index in [-0.39, 0.29) is 36.5 Å². The van der Waals surface area contributed by atoms with Crippen molar-refractivity contribution >= 4 is 47.4 Å². The van der Waals surface area contributed by atoms with E-state index in [1.165, 1.54) is 6.07 Å². The van der Waals surface area contributed by atoms with Crippen molar-refractivity contribution in [2.75, 3.05) is 11.9 Å². The van der Waals surface area contributed by atoms with Crippen LogP contribution in [0.3, 0.4) is 0 Å². The number of imidazole rings is 1. The van der Waals surface area contributed by atoms with Gasteiger partial charge in [0.2, 0.25) is 5.91 Å². The summed E-state index contributed by atoms with van der Waals surface area (Å²) in [6.07, 6.45) is 4.85. The predicted octanol–water partition coefficient (Wildman–Crippen LogP) is 4.98. The van der Waals surface area contributed by atoms with Gasteiger partial charge < -0.3 is 16.0 Å². The van der Waals surface area contributed by atoms with Crippen molar-refractivity contribution in [1.29, 1.82) is 0 Å². The first-order valence-corrected chi connectivity index (χ1v) is 9.37. The van der Waals surface area contributed by atoms with Crippen LogP contribution in [0, 0.1) is 5.82 Å². The molecule has 0 atom stereocenters. The first-order valence-electron chi connectivity index (χ1n) is 9.37. The van der Waals surface area contributed by atoms with Gasteiger partial charge in [-0.3, -0.25) is 4.79 Å². The first kappa shape index (κ1) is 24.9. The lowest BCUT2D eigenvalue weighted by Crippen LogP contribution is -2.11. The quantitative estimate of drug-likeness (QED) is 0.410. The van der Waals surface area contributed by atoms with Gasteiger partial charge in [0.15, 0.2) is 0 Å². The molecule has 158 valence electrons. The van der Waals surface area contributed by atoms with Crippen LogP contribution in [0.25, 0.3) is 11.0 Å². The second-order valence-electron chi connectivity index (χ2n) is 6.68. The normalized spacial score (nSPS) is 10.3. The Kier molecular flexibility index (Phi) is 10.7. The third kappa shape index (κ3) is 7.31. The van der Waals surface area contributed by atoms with Crippen LogP contribution in [-0.4, -0.2) is 22.4 Å². The minimum atomic E-state index is -0.239. The van der Waals surface area contributed by atoms with Crippen LogP contribution in [-0.2, 0) is 11.2 Å². The number of hydrogen-bond donors (Lipinski definition) is 3. The SMILES string of the molecule is Cl.Cl.NCCCCCCC(=O)Nc1ccc2nc(Cc3ccccc3F)[nH]c2c1. The second kappa shape index (κ2) is 12.4. The largest absolute Gasteiger partial charge is 0.342 e. The molecule has 0 saturated carbocycles. The number of carbonyl (C=O) groups is 1. The van der Waals surface area contributed by atoms with E-state index in [4.69, 9.17) is 5.73 Å². The van der Waals surface area contributed by atoms with Crippen molar-refractivity contribution in [3.05, 3.63) is 59.7 Å². The van der Waals surface area contributed by atoms with Crippen molar-refractivity contribution in [3.8, 4) is 0 Å². The van der Waals surface area contributed by atoms with Crippen molar-refractivity contribution in [2.24, 2.45) is 5.73 Å². The Morgan fingerprint density at radius 3 is 2.59 bits per heavy atom. The highest BCUT2D eigenvalue weighted by molar-refractivity contribution is 5.93. The number of rotatable bonds is 9. The maximum Gasteiger partial charge on any atom is 0.224 e. The summed E-state index contributed by atoms with van der Waals surface area (Å²) in [7, 11) is 0. The molecule has 5 nitrogen and oxygen atoms in total. The summed E-state index contributed by atoms with van der Waals surface area (Å²) in [4.78, 5) is 19.8. The number of aromatic nitrogens is 2. The van der Waals surface area contributed by atoms with Crippen LogP contribution in [0.15, 0.2) is 42.5 Å². The van der Waals surface area contributed by atoms with E-state index < -0.39 is 0 Å². The highest BCUT2D eigenvalue weighted by Gasteiger charge is 2.09. The molecule has 0 aliphatic heterocycles. The van der Waals surface area contributed by atoms with Crippen LogP contribution in [0.1, 0.15) is 43.5 Å². The number of unbranched alkanes of at least 4 members (excludes halogenated alkanes) is 3. The number of hydrogen-bond acceptors (Lipinski definition) is 3. The number of aromatic amines is 1. The van der Waals surface area contributed by atoms with E-state index in [9.17, 15) is 9.18 Å². The average Bonchev–Trinajstić information content (AvgIpc) is 3.05. The molecule has 3 rings (SSSR count). The second-order valence-corrected chi connectivity index (χ2v) is 6.68. The summed E-state index contributed by atoms with van der Waals surface area (Å²) in [5.74, 6) is 0.462. The average molecular weight is 441 g/mol. The van der Waals surface area contributed by atoms with Gasteiger partial charge in [-0.25, -0.2) is 9.37 Å². The zero-order valence-corrected chi connectivity index (χ0v) is 17.8. The molecule has 29 heavy (non-hydrogen) atoms. The van der Waals surface area contributed by atoms with Gasteiger partial charge in [-0.05, 0) is 49.2 Å². The highest BCUT2D eigenvalue weighted by atomic mass is 35.5. The maximum absolute atomic E-state index is 13.8. The number of amides is 1. The molecule has 0 aliphatic rings. The zero-order chi connectivity index (χ0) is 19.1. The van der Waals surface area contributed by atoms with Gasteiger partial charge >= 0.3 is 0 Å². The summed E-state index contributed by atoms with van der Waals surface area (Å²) in [5.41, 5.74) is 8.41. The molecule has 0 radical (unpaired) electrons. The number of anilines is 1. The molecule has 0 aliphatic carbocycles. The molecule has 1 heterocycles. The molecule has 1 aromatic heterocycles. The third-order valence-corrected chi connectivity index (χ3v) is 4.49. The molecule has 0 fully saturated rings. The molecule has 8 heteroatoms. The topological polar surface area (TPSA) is 83.8 Å². The van der Waals surface area contributed by atoms with Crippen molar-refractivity contribution < 1.29 is 9.18 Å². The molecule has 2 aromatic carbocycles. The van der Waals surface area contributed by atoms with Crippen molar-refractivity contribution in [1.82, 2.24) is 9.97 Å². The number of halogens is 3. The first-order chi connectivity index (χ1) is 13.2. The zero-order valence-electron chi connectivity index (χ0n) is 16.1. The number of nitrogens with zero attached hydrogens (tertiary/aromatic N) is 1. The molecular weight excluding hydrogens is 414 g/mol. The van der Waals surface area contributed by atoms with Crippen LogP contribution < -0.4 is 11.1 Å². The molecule has 0 saturated heterocycles. The number of fused-ring (bicyclic) bond motifs is 1. The Labute approximate surface area is 182 Å². The van der Waals surface area contributed by atoms with Gasteiger partial charge in [-0.1, -0.05) is 31.0 Å². The molecular formula is C21H27Cl2FN4O. The van der Waals surface area contributed by atoms with Crippen molar-refractivity contribution in [3.63, 3.8) is 0 Å². The minimum absolute atomic E-state index is 0. The van der Waals surface area contributed by atoms with Crippen LogP contribution >= 0.6 is 24.8 Å². The van der Waals surface area contributed by atoms with E-state index in [0.717, 1.165) is 42.4 Å². The molecule has 0 spiro atoms. The lowest BCUT2D eigenvalue weighted by Gasteiger charge is -2.05. The predicted molar refractivity (Wildman–Crippen MR) is 121 cm³/mol. The van der Waals surface area contributed by atoms with Gasteiger partial charge in [0, 0.05) is 18.5 Å². The summed E-state index contributed by atoms with van der Waals surface area (Å²) < 4.78 is 13.8. The molecule has 0 bridgehead atoms. The smallest absolute Gasteiger partial charge is 0.224 e. The van der Waals surface area contributed by atoms with E-state index in [2.05, 4.69) is 15.3 Å². The molecule has 3 aromatic rings. The highest BCUT2D eigenvalue weighted by Crippen LogP contribution is 2.20. The number of nitrogens with one attached hydrogen (secondary N) is 2. The van der Waals surface area contributed by atoms with E-state index >= 15 is 0 Å². The van der Waals surface area contributed by atoms with Crippen LogP contribution in [0.2, 0.25) is 0 Å². The fraction of sp³-hybridized carbons (Fsp3) is 0.333. The summed E-state index contributed by atoms with van der Waals surface area (Å²) in [6.45, 7) is 0.704. The summed E-state index contributed by atoms with van der Waals surface area (Å²) in [6, 6.07) is 12.2. The van der Waals surface area contributed by atoms with E-state index in [0.29, 0.717) is 30.8 Å². The van der Waals surface area contributed by atoms with Gasteiger partial charge in [0.05, 0.1) is 11.0 Å². The fourth-order valence-corrected chi connectivity index (χ4v) is 3.05. The fourth-order valence-electron chi connectivity index (χ4n) is 3.05. The number of nitrogens with two attached hydrogens (primary N) is 1. The van der Waals surface area contributed by atoms with E-state index in [1.807, 2.05) is 24.3 Å². The van der Waals surface area contributed by atoms with Gasteiger partial charge in [0.25, 0.3) is 0 Å². The Hall–Kier alpha value is -2.15. The third-order valence-electron chi connectivity index (χ3n) is 4.49. The Morgan fingerprint density at radius 1 is 1.07 bits per heavy atom. The van der Waals surface area contributed by atoms with Gasteiger partial charge in [0.1, 0.15) is 11.6 Å². The van der Waals surface area contributed by atoms with Gasteiger partial charge in [-0.15, -0.1) is 24.8 Å². The summed E-state index contributed by atoms with van der Waals surface area (Å²) >= 11 is 0. The van der Waals surface area contributed by atoms with Crippen LogP contribution in [0.4, 0.5) is 10.1 Å². The van der Waals surface area contributed by atoms with Gasteiger partial charge in [-0.2, -0.15) is 0 Å². The summed E-state index contributed by atoms with van der Waals surface area (Å²) in [5, 5.41) is 2.92.